The van der Waals surface area contributed by atoms with Crippen LogP contribution in [0.15, 0.2) is 24.3 Å². The zero-order valence-electron chi connectivity index (χ0n) is 15.3. The normalized spacial score (nSPS) is 18.2. The van der Waals surface area contributed by atoms with E-state index in [1.54, 1.807) is 4.90 Å². The molecule has 1 aliphatic carbocycles. The van der Waals surface area contributed by atoms with Crippen LogP contribution in [0.3, 0.4) is 0 Å². The van der Waals surface area contributed by atoms with Crippen molar-refractivity contribution in [3.8, 4) is 0 Å². The van der Waals surface area contributed by atoms with Crippen molar-refractivity contribution in [2.45, 2.75) is 44.6 Å². The summed E-state index contributed by atoms with van der Waals surface area (Å²) >= 11 is 0. The third-order valence-corrected chi connectivity index (χ3v) is 4.89. The van der Waals surface area contributed by atoms with Gasteiger partial charge in [-0.2, -0.15) is 0 Å². The second kappa shape index (κ2) is 6.21. The summed E-state index contributed by atoms with van der Waals surface area (Å²) in [4.78, 5) is 26.2. The van der Waals surface area contributed by atoms with Crippen molar-refractivity contribution in [1.82, 2.24) is 4.90 Å². The summed E-state index contributed by atoms with van der Waals surface area (Å²) in [5.74, 6) is -0.311. The summed E-state index contributed by atoms with van der Waals surface area (Å²) in [6.07, 6.45) is 5.51. The molecule has 134 valence electrons. The first kappa shape index (κ1) is 17.5. The number of benzene rings is 1. The summed E-state index contributed by atoms with van der Waals surface area (Å²) in [7, 11) is 1.40. The van der Waals surface area contributed by atoms with Gasteiger partial charge in [0.05, 0.1) is 12.7 Å². The SMILES string of the molecule is COC(=O)c1cccc2c1C1(C=C2)CCN(C(=O)OC(C)(C)C)CC1. The van der Waals surface area contributed by atoms with Crippen LogP contribution in [0.25, 0.3) is 6.08 Å². The molecule has 0 radical (unpaired) electrons. The zero-order chi connectivity index (χ0) is 18.2. The van der Waals surface area contributed by atoms with Gasteiger partial charge in [-0.1, -0.05) is 24.3 Å². The van der Waals surface area contributed by atoms with Gasteiger partial charge in [-0.05, 0) is 50.8 Å². The molecule has 5 heteroatoms. The molecule has 1 heterocycles. The van der Waals surface area contributed by atoms with Crippen LogP contribution < -0.4 is 0 Å². The van der Waals surface area contributed by atoms with Gasteiger partial charge >= 0.3 is 12.1 Å². The fourth-order valence-electron chi connectivity index (χ4n) is 3.71. The second-order valence-electron chi connectivity index (χ2n) is 7.72. The number of nitrogens with zero attached hydrogens (tertiary/aromatic N) is 1. The van der Waals surface area contributed by atoms with Crippen molar-refractivity contribution < 1.29 is 19.1 Å². The first-order valence-electron chi connectivity index (χ1n) is 8.65. The highest BCUT2D eigenvalue weighted by Gasteiger charge is 2.42. The Bertz CT molecular complexity index is 722. The second-order valence-corrected chi connectivity index (χ2v) is 7.72. The number of carbonyl (C=O) groups excluding carboxylic acids is 2. The molecule has 0 saturated carbocycles. The van der Waals surface area contributed by atoms with Gasteiger partial charge in [-0.3, -0.25) is 0 Å². The van der Waals surface area contributed by atoms with Crippen molar-refractivity contribution in [3.05, 3.63) is 41.0 Å². The van der Waals surface area contributed by atoms with Crippen molar-refractivity contribution in [2.75, 3.05) is 20.2 Å². The highest BCUT2D eigenvalue weighted by Crippen LogP contribution is 2.45. The lowest BCUT2D eigenvalue weighted by atomic mass is 9.73. The van der Waals surface area contributed by atoms with Crippen LogP contribution in [0.4, 0.5) is 4.79 Å². The molecule has 0 atom stereocenters. The Kier molecular flexibility index (Phi) is 4.35. The Hall–Kier alpha value is -2.30. The van der Waals surface area contributed by atoms with Crippen molar-refractivity contribution >= 4 is 18.1 Å². The summed E-state index contributed by atoms with van der Waals surface area (Å²) in [6.45, 7) is 6.82. The van der Waals surface area contributed by atoms with Crippen LogP contribution in [-0.2, 0) is 14.9 Å². The van der Waals surface area contributed by atoms with E-state index < -0.39 is 5.60 Å². The predicted molar refractivity (Wildman–Crippen MR) is 95.5 cm³/mol. The minimum absolute atomic E-state index is 0.210. The van der Waals surface area contributed by atoms with E-state index in [-0.39, 0.29) is 17.5 Å². The van der Waals surface area contributed by atoms with Gasteiger partial charge in [0.25, 0.3) is 0 Å². The van der Waals surface area contributed by atoms with E-state index in [4.69, 9.17) is 9.47 Å². The average molecular weight is 343 g/mol. The van der Waals surface area contributed by atoms with E-state index in [2.05, 4.69) is 12.2 Å². The number of ether oxygens (including phenoxy) is 2. The lowest BCUT2D eigenvalue weighted by Gasteiger charge is -2.40. The molecule has 0 bridgehead atoms. The molecule has 25 heavy (non-hydrogen) atoms. The van der Waals surface area contributed by atoms with Crippen LogP contribution in [0.1, 0.15) is 55.1 Å². The number of piperidine rings is 1. The Labute approximate surface area is 148 Å². The molecule has 1 aromatic carbocycles. The highest BCUT2D eigenvalue weighted by molar-refractivity contribution is 5.94. The number of fused-ring (bicyclic) bond motifs is 2. The van der Waals surface area contributed by atoms with Gasteiger partial charge in [0, 0.05) is 18.5 Å². The molecular weight excluding hydrogens is 318 g/mol. The lowest BCUT2D eigenvalue weighted by Crippen LogP contribution is -2.46. The molecule has 1 aromatic rings. The number of esters is 1. The lowest BCUT2D eigenvalue weighted by molar-refractivity contribution is 0.0182. The van der Waals surface area contributed by atoms with Crippen LogP contribution in [-0.4, -0.2) is 42.8 Å². The van der Waals surface area contributed by atoms with Crippen LogP contribution in [0.5, 0.6) is 0 Å². The molecule has 1 spiro atoms. The molecule has 1 saturated heterocycles. The van der Waals surface area contributed by atoms with Crippen LogP contribution in [0.2, 0.25) is 0 Å². The van der Waals surface area contributed by atoms with Gasteiger partial charge in [0.2, 0.25) is 0 Å². The molecular formula is C20H25NO4. The van der Waals surface area contributed by atoms with Gasteiger partial charge in [-0.25, -0.2) is 9.59 Å². The number of hydrogen-bond donors (Lipinski definition) is 0. The topological polar surface area (TPSA) is 55.8 Å². The quantitative estimate of drug-likeness (QED) is 0.729. The number of allylic oxidation sites excluding steroid dienone is 1. The molecule has 0 aromatic heterocycles. The van der Waals surface area contributed by atoms with E-state index in [1.807, 2.05) is 39.0 Å². The third kappa shape index (κ3) is 3.28. The highest BCUT2D eigenvalue weighted by atomic mass is 16.6. The molecule has 1 amide bonds. The van der Waals surface area contributed by atoms with Gasteiger partial charge in [0.1, 0.15) is 5.60 Å². The Morgan fingerprint density at radius 3 is 2.44 bits per heavy atom. The zero-order valence-corrected chi connectivity index (χ0v) is 15.3. The Balaban J connectivity index is 1.81. The molecule has 2 aliphatic rings. The maximum Gasteiger partial charge on any atom is 0.410 e. The number of methoxy groups -OCH3 is 1. The number of amides is 1. The molecule has 0 N–H and O–H groups in total. The predicted octanol–water partition coefficient (Wildman–Crippen LogP) is 3.77. The fraction of sp³-hybridized carbons (Fsp3) is 0.500. The van der Waals surface area contributed by atoms with E-state index in [9.17, 15) is 9.59 Å². The van der Waals surface area contributed by atoms with Crippen molar-refractivity contribution in [2.24, 2.45) is 0 Å². The third-order valence-electron chi connectivity index (χ3n) is 4.89. The Morgan fingerprint density at radius 1 is 1.16 bits per heavy atom. The molecule has 5 nitrogen and oxygen atoms in total. The average Bonchev–Trinajstić information content (AvgIpc) is 2.92. The number of hydrogen-bond acceptors (Lipinski definition) is 4. The van der Waals surface area contributed by atoms with Gasteiger partial charge in [-0.15, -0.1) is 0 Å². The first-order chi connectivity index (χ1) is 11.8. The molecule has 1 fully saturated rings. The van der Waals surface area contributed by atoms with Gasteiger partial charge < -0.3 is 14.4 Å². The fourth-order valence-corrected chi connectivity index (χ4v) is 3.71. The van der Waals surface area contributed by atoms with Gasteiger partial charge in [0.15, 0.2) is 0 Å². The standard InChI is InChI=1S/C20H25NO4/c1-19(2,3)25-18(23)21-12-10-20(11-13-21)9-8-14-6-5-7-15(16(14)20)17(22)24-4/h5-9H,10-13H2,1-4H3. The minimum atomic E-state index is -0.496. The summed E-state index contributed by atoms with van der Waals surface area (Å²) < 4.78 is 10.4. The van der Waals surface area contributed by atoms with E-state index in [0.717, 1.165) is 24.0 Å². The van der Waals surface area contributed by atoms with Crippen molar-refractivity contribution in [3.63, 3.8) is 0 Å². The maximum absolute atomic E-state index is 12.3. The maximum atomic E-state index is 12.3. The molecule has 3 rings (SSSR count). The van der Waals surface area contributed by atoms with E-state index in [0.29, 0.717) is 18.7 Å². The minimum Gasteiger partial charge on any atom is -0.465 e. The van der Waals surface area contributed by atoms with Crippen LogP contribution in [0, 0.1) is 0 Å². The smallest absolute Gasteiger partial charge is 0.410 e. The number of carbonyl (C=O) groups is 2. The van der Waals surface area contributed by atoms with Crippen molar-refractivity contribution in [1.29, 1.82) is 0 Å². The number of likely N-dealkylation sites (tertiary alicyclic amines) is 1. The van der Waals surface area contributed by atoms with E-state index >= 15 is 0 Å². The Morgan fingerprint density at radius 2 is 1.84 bits per heavy atom. The first-order valence-corrected chi connectivity index (χ1v) is 8.65. The molecule has 0 unspecified atom stereocenters. The number of rotatable bonds is 1. The van der Waals surface area contributed by atoms with Crippen LogP contribution >= 0.6 is 0 Å². The monoisotopic (exact) mass is 343 g/mol. The summed E-state index contributed by atoms with van der Waals surface area (Å²) in [5, 5.41) is 0. The van der Waals surface area contributed by atoms with E-state index in [1.165, 1.54) is 7.11 Å². The molecule has 1 aliphatic heterocycles. The summed E-state index contributed by atoms with van der Waals surface area (Å²) in [5.41, 5.74) is 2.01. The summed E-state index contributed by atoms with van der Waals surface area (Å²) in [6, 6.07) is 5.72. The largest absolute Gasteiger partial charge is 0.465 e.